The Labute approximate surface area is 178 Å². The van der Waals surface area contributed by atoms with Crippen LogP contribution in [0.5, 0.6) is 0 Å². The molecule has 1 aliphatic carbocycles. The maximum absolute atomic E-state index is 14.0. The van der Waals surface area contributed by atoms with Crippen molar-refractivity contribution in [2.45, 2.75) is 30.1 Å². The predicted octanol–water partition coefficient (Wildman–Crippen LogP) is 4.60. The van der Waals surface area contributed by atoms with E-state index in [0.29, 0.717) is 17.5 Å². The van der Waals surface area contributed by atoms with Gasteiger partial charge in [-0.2, -0.15) is 4.98 Å². The molecule has 1 amide bonds. The Morgan fingerprint density at radius 2 is 1.93 bits per heavy atom. The lowest BCUT2D eigenvalue weighted by Crippen LogP contribution is -2.28. The smallest absolute Gasteiger partial charge is 0.243 e. The van der Waals surface area contributed by atoms with E-state index in [4.69, 9.17) is 0 Å². The maximum atomic E-state index is 14.0. The summed E-state index contributed by atoms with van der Waals surface area (Å²) in [6.07, 6.45) is 3.27. The van der Waals surface area contributed by atoms with Crippen molar-refractivity contribution >= 4 is 41.0 Å². The number of nitrogens with zero attached hydrogens (tertiary/aromatic N) is 3. The van der Waals surface area contributed by atoms with Crippen molar-refractivity contribution in [2.75, 3.05) is 17.3 Å². The van der Waals surface area contributed by atoms with Gasteiger partial charge < -0.3 is 5.32 Å². The summed E-state index contributed by atoms with van der Waals surface area (Å²) >= 11 is 1.53. The lowest BCUT2D eigenvalue weighted by Gasteiger charge is -2.20. The van der Waals surface area contributed by atoms with Crippen molar-refractivity contribution in [1.29, 1.82) is 0 Å². The third kappa shape index (κ3) is 3.03. The fraction of sp³-hybridized carbons (Fsp3) is 0.227. The quantitative estimate of drug-likeness (QED) is 0.587. The summed E-state index contributed by atoms with van der Waals surface area (Å²) in [5.74, 6) is 0.498. The Kier molecular flexibility index (Phi) is 4.48. The molecule has 0 atom stereocenters. The number of amides is 1. The van der Waals surface area contributed by atoms with Crippen LogP contribution in [0.4, 0.5) is 27.5 Å². The molecular formula is C22H20FN5OS. The average molecular weight is 422 g/mol. The topological polar surface area (TPSA) is 70.2 Å². The molecule has 2 heterocycles. The fourth-order valence-electron chi connectivity index (χ4n) is 3.87. The van der Waals surface area contributed by atoms with Crippen LogP contribution in [-0.2, 0) is 10.2 Å². The van der Waals surface area contributed by atoms with E-state index >= 15 is 0 Å². The summed E-state index contributed by atoms with van der Waals surface area (Å²) in [5.41, 5.74) is 2.46. The Morgan fingerprint density at radius 3 is 2.63 bits per heavy atom. The number of anilines is 4. The molecule has 1 spiro atoms. The van der Waals surface area contributed by atoms with Crippen molar-refractivity contribution in [3.8, 4) is 0 Å². The van der Waals surface area contributed by atoms with Crippen LogP contribution in [0, 0.1) is 12.7 Å². The van der Waals surface area contributed by atoms with Gasteiger partial charge in [0.15, 0.2) is 0 Å². The Bertz CT molecular complexity index is 1150. The minimum atomic E-state index is -0.557. The first-order valence-corrected chi connectivity index (χ1v) is 10.5. The first-order chi connectivity index (χ1) is 14.5. The van der Waals surface area contributed by atoms with E-state index in [1.807, 2.05) is 38.2 Å². The third-order valence-electron chi connectivity index (χ3n) is 5.60. The van der Waals surface area contributed by atoms with Gasteiger partial charge in [-0.15, -0.1) is 0 Å². The normalized spacial score (nSPS) is 16.1. The lowest BCUT2D eigenvalue weighted by molar-refractivity contribution is -0.119. The molecule has 1 saturated carbocycles. The van der Waals surface area contributed by atoms with E-state index in [-0.39, 0.29) is 11.7 Å². The minimum Gasteiger partial charge on any atom is -0.324 e. The minimum absolute atomic E-state index is 0.0499. The molecule has 30 heavy (non-hydrogen) atoms. The number of carbonyl (C=O) groups excluding carboxylic acids is 1. The molecule has 1 aliphatic heterocycles. The number of benzene rings is 2. The lowest BCUT2D eigenvalue weighted by atomic mass is 10.0. The number of rotatable bonds is 5. The summed E-state index contributed by atoms with van der Waals surface area (Å²) in [6, 6.07) is 12.3. The number of aryl methyl sites for hydroxylation is 1. The number of aromatic nitrogens is 2. The first-order valence-electron chi connectivity index (χ1n) is 9.71. The number of hydrogen-bond acceptors (Lipinski definition) is 6. The van der Waals surface area contributed by atoms with Gasteiger partial charge in [0.2, 0.25) is 11.9 Å². The molecule has 1 fully saturated rings. The van der Waals surface area contributed by atoms with Gasteiger partial charge in [0.05, 0.1) is 11.1 Å². The van der Waals surface area contributed by atoms with Gasteiger partial charge in [0.25, 0.3) is 0 Å². The maximum Gasteiger partial charge on any atom is 0.243 e. The zero-order chi connectivity index (χ0) is 20.9. The second-order valence-corrected chi connectivity index (χ2v) is 8.62. The molecule has 3 aromatic rings. The van der Waals surface area contributed by atoms with Crippen LogP contribution in [0.15, 0.2) is 53.6 Å². The standard InChI is InChI=1S/C22H20FN5OS/c1-13-3-4-14(23)11-18(13)28-19-17(22(9-10-22)20(28)29)12-25-21(27-19)26-15-5-7-16(8-6-15)30-24-2/h3-8,11-12,24H,9-10H2,1-2H3,(H,25,26,27). The number of nitrogens with one attached hydrogen (secondary N) is 2. The number of halogens is 1. The zero-order valence-corrected chi connectivity index (χ0v) is 17.4. The second kappa shape index (κ2) is 7.07. The van der Waals surface area contributed by atoms with Crippen LogP contribution in [0.1, 0.15) is 24.0 Å². The molecule has 0 saturated heterocycles. The molecule has 2 aromatic carbocycles. The van der Waals surface area contributed by atoms with Crippen LogP contribution in [-0.4, -0.2) is 22.9 Å². The van der Waals surface area contributed by atoms with E-state index in [2.05, 4.69) is 20.0 Å². The van der Waals surface area contributed by atoms with Crippen molar-refractivity contribution < 1.29 is 9.18 Å². The summed E-state index contributed by atoms with van der Waals surface area (Å²) < 4.78 is 17.0. The summed E-state index contributed by atoms with van der Waals surface area (Å²) in [7, 11) is 1.87. The van der Waals surface area contributed by atoms with Crippen molar-refractivity contribution in [2.24, 2.45) is 0 Å². The average Bonchev–Trinajstić information content (AvgIpc) is 3.50. The van der Waals surface area contributed by atoms with Crippen LogP contribution in [0.3, 0.4) is 0 Å². The summed E-state index contributed by atoms with van der Waals surface area (Å²) in [4.78, 5) is 25.0. The highest BCUT2D eigenvalue weighted by Gasteiger charge is 2.60. The number of carbonyl (C=O) groups is 1. The van der Waals surface area contributed by atoms with Crippen molar-refractivity contribution in [3.63, 3.8) is 0 Å². The molecule has 6 nitrogen and oxygen atoms in total. The molecule has 2 aliphatic rings. The molecular weight excluding hydrogens is 401 g/mol. The van der Waals surface area contributed by atoms with Crippen LogP contribution >= 0.6 is 11.9 Å². The summed E-state index contributed by atoms with van der Waals surface area (Å²) in [6.45, 7) is 1.87. The monoisotopic (exact) mass is 421 g/mol. The molecule has 5 rings (SSSR count). The van der Waals surface area contributed by atoms with Gasteiger partial charge in [-0.3, -0.25) is 14.4 Å². The van der Waals surface area contributed by atoms with E-state index in [9.17, 15) is 9.18 Å². The molecule has 0 bridgehead atoms. The molecule has 1 aromatic heterocycles. The second-order valence-electron chi connectivity index (χ2n) is 7.54. The van der Waals surface area contributed by atoms with Crippen LogP contribution < -0.4 is 14.9 Å². The van der Waals surface area contributed by atoms with Gasteiger partial charge in [-0.25, -0.2) is 9.37 Å². The van der Waals surface area contributed by atoms with E-state index < -0.39 is 5.41 Å². The van der Waals surface area contributed by atoms with E-state index in [1.54, 1.807) is 17.2 Å². The Morgan fingerprint density at radius 1 is 1.17 bits per heavy atom. The van der Waals surface area contributed by atoms with Crippen molar-refractivity contribution in [3.05, 3.63) is 65.6 Å². The zero-order valence-electron chi connectivity index (χ0n) is 16.6. The highest BCUT2D eigenvalue weighted by molar-refractivity contribution is 7.97. The fourth-order valence-corrected chi connectivity index (χ4v) is 4.38. The predicted molar refractivity (Wildman–Crippen MR) is 116 cm³/mol. The number of hydrogen-bond donors (Lipinski definition) is 2. The van der Waals surface area contributed by atoms with Crippen LogP contribution in [0.25, 0.3) is 0 Å². The van der Waals surface area contributed by atoms with Gasteiger partial charge in [0, 0.05) is 22.3 Å². The van der Waals surface area contributed by atoms with Gasteiger partial charge in [-0.1, -0.05) is 6.07 Å². The molecule has 152 valence electrons. The molecule has 2 N–H and O–H groups in total. The van der Waals surface area contributed by atoms with E-state index in [1.165, 1.54) is 24.1 Å². The largest absolute Gasteiger partial charge is 0.324 e. The van der Waals surface area contributed by atoms with Gasteiger partial charge >= 0.3 is 0 Å². The highest BCUT2D eigenvalue weighted by atomic mass is 32.2. The molecule has 0 unspecified atom stereocenters. The van der Waals surface area contributed by atoms with Gasteiger partial charge in [0.1, 0.15) is 11.6 Å². The number of fused-ring (bicyclic) bond motifs is 2. The third-order valence-corrected chi connectivity index (χ3v) is 6.31. The summed E-state index contributed by atoms with van der Waals surface area (Å²) in [5, 5.41) is 3.20. The van der Waals surface area contributed by atoms with Crippen molar-refractivity contribution in [1.82, 2.24) is 14.7 Å². The van der Waals surface area contributed by atoms with Gasteiger partial charge in [-0.05, 0) is 80.7 Å². The first kappa shape index (κ1) is 19.0. The SMILES string of the molecule is CNSc1ccc(Nc2ncc3c(n2)N(c2cc(F)ccc2C)C(=O)C32CC2)cc1. The molecule has 0 radical (unpaired) electrons. The van der Waals surface area contributed by atoms with Crippen LogP contribution in [0.2, 0.25) is 0 Å². The Hall–Kier alpha value is -2.97. The highest BCUT2D eigenvalue weighted by Crippen LogP contribution is 2.58. The van der Waals surface area contributed by atoms with E-state index in [0.717, 1.165) is 34.6 Å². The Balaban J connectivity index is 1.52. The molecule has 8 heteroatoms.